The van der Waals surface area contributed by atoms with Crippen molar-refractivity contribution in [2.75, 3.05) is 6.54 Å². The number of hydrogen-bond donors (Lipinski definition) is 1. The summed E-state index contributed by atoms with van der Waals surface area (Å²) in [5, 5.41) is 8.21. The topological polar surface area (TPSA) is 64.0 Å². The average molecular weight is 397 g/mol. The predicted molar refractivity (Wildman–Crippen MR) is 95.7 cm³/mol. The molecule has 0 aliphatic rings. The third-order valence-corrected chi connectivity index (χ3v) is 6.06. The second-order valence-electron chi connectivity index (χ2n) is 5.87. The van der Waals surface area contributed by atoms with Crippen molar-refractivity contribution < 1.29 is 17.2 Å². The highest BCUT2D eigenvalue weighted by molar-refractivity contribution is 7.89. The zero-order valence-corrected chi connectivity index (χ0v) is 15.7. The van der Waals surface area contributed by atoms with E-state index in [1.54, 1.807) is 4.68 Å². The first kappa shape index (κ1) is 18.7. The Morgan fingerprint density at radius 2 is 2.00 bits per heavy atom. The molecule has 0 radical (unpaired) electrons. The van der Waals surface area contributed by atoms with Crippen molar-refractivity contribution in [3.8, 4) is 0 Å². The highest BCUT2D eigenvalue weighted by Crippen LogP contribution is 2.23. The minimum absolute atomic E-state index is 0.0447. The molecule has 0 aliphatic heterocycles. The maximum Gasteiger partial charge on any atom is 0.243 e. The van der Waals surface area contributed by atoms with Crippen LogP contribution in [0.5, 0.6) is 0 Å². The quantitative estimate of drug-likeness (QED) is 0.693. The number of hydrogen-bond acceptors (Lipinski definition) is 4. The molecule has 0 amide bonds. The van der Waals surface area contributed by atoms with Crippen LogP contribution in [0.2, 0.25) is 0 Å². The minimum atomic E-state index is -4.22. The molecule has 26 heavy (non-hydrogen) atoms. The van der Waals surface area contributed by atoms with E-state index in [1.165, 1.54) is 11.3 Å². The fourth-order valence-corrected chi connectivity index (χ4v) is 4.55. The number of aryl methyl sites for hydroxylation is 2. The summed E-state index contributed by atoms with van der Waals surface area (Å²) >= 11 is 1.48. The van der Waals surface area contributed by atoms with Crippen LogP contribution in [0.15, 0.2) is 46.0 Å². The van der Waals surface area contributed by atoms with Gasteiger partial charge in [0.15, 0.2) is 0 Å². The Kier molecular flexibility index (Phi) is 5.22. The van der Waals surface area contributed by atoms with Crippen LogP contribution in [0.25, 0.3) is 0 Å². The highest BCUT2D eigenvalue weighted by Gasteiger charge is 2.24. The molecule has 0 unspecified atom stereocenters. The molecule has 0 fully saturated rings. The largest absolute Gasteiger partial charge is 0.261 e. The molecule has 3 aromatic rings. The molecule has 0 saturated carbocycles. The molecule has 2 heterocycles. The number of aromatic nitrogens is 2. The lowest BCUT2D eigenvalue weighted by atomic mass is 10.1. The van der Waals surface area contributed by atoms with E-state index in [0.717, 1.165) is 29.1 Å². The summed E-state index contributed by atoms with van der Waals surface area (Å²) in [4.78, 5) is -0.713. The smallest absolute Gasteiger partial charge is 0.243 e. The lowest BCUT2D eigenvalue weighted by Gasteiger charge is -2.19. The second-order valence-corrected chi connectivity index (χ2v) is 8.39. The van der Waals surface area contributed by atoms with E-state index in [-0.39, 0.29) is 6.54 Å². The van der Waals surface area contributed by atoms with Gasteiger partial charge in [-0.25, -0.2) is 21.9 Å². The standard InChI is InChI=1S/C17H17F2N3O2S2/c1-11-7-12(2)22(21-11)16(13-5-6-25-10-13)9-20-26(23,24)17-8-14(18)3-4-15(17)19/h3-8,10,16,20H,9H2,1-2H3/t16-/m1/s1. The fraction of sp³-hybridized carbons (Fsp3) is 0.235. The van der Waals surface area contributed by atoms with Gasteiger partial charge in [-0.1, -0.05) is 0 Å². The molecule has 0 aliphatic carbocycles. The number of benzene rings is 1. The molecular weight excluding hydrogens is 380 g/mol. The Morgan fingerprint density at radius 1 is 1.23 bits per heavy atom. The van der Waals surface area contributed by atoms with Gasteiger partial charge in [0.05, 0.1) is 11.7 Å². The molecule has 138 valence electrons. The molecule has 5 nitrogen and oxygen atoms in total. The molecule has 0 saturated heterocycles. The lowest BCUT2D eigenvalue weighted by Crippen LogP contribution is -2.32. The van der Waals surface area contributed by atoms with E-state index in [2.05, 4.69) is 9.82 Å². The monoisotopic (exact) mass is 397 g/mol. The molecular formula is C17H17F2N3O2S2. The molecule has 3 rings (SSSR count). The van der Waals surface area contributed by atoms with Gasteiger partial charge in [0.25, 0.3) is 0 Å². The van der Waals surface area contributed by atoms with E-state index in [9.17, 15) is 17.2 Å². The van der Waals surface area contributed by atoms with Gasteiger partial charge in [0.1, 0.15) is 16.5 Å². The van der Waals surface area contributed by atoms with E-state index >= 15 is 0 Å². The van der Waals surface area contributed by atoms with Crippen molar-refractivity contribution in [3.05, 3.63) is 69.7 Å². The summed E-state index contributed by atoms with van der Waals surface area (Å²) in [6, 6.07) is 5.70. The predicted octanol–water partition coefficient (Wildman–Crippen LogP) is 3.41. The SMILES string of the molecule is Cc1cc(C)n([C@H](CNS(=O)(=O)c2cc(F)ccc2F)c2ccsc2)n1. The molecule has 1 N–H and O–H groups in total. The Labute approximate surface area is 154 Å². The van der Waals surface area contributed by atoms with Gasteiger partial charge in [0, 0.05) is 12.2 Å². The van der Waals surface area contributed by atoms with E-state index in [0.29, 0.717) is 6.07 Å². The number of halogens is 2. The molecule has 0 bridgehead atoms. The molecule has 2 aromatic heterocycles. The summed E-state index contributed by atoms with van der Waals surface area (Å²) < 4.78 is 56.2. The number of nitrogens with zero attached hydrogens (tertiary/aromatic N) is 2. The third-order valence-electron chi connectivity index (χ3n) is 3.92. The van der Waals surface area contributed by atoms with Crippen LogP contribution in [-0.4, -0.2) is 24.7 Å². The van der Waals surface area contributed by atoms with Crippen LogP contribution >= 0.6 is 11.3 Å². The highest BCUT2D eigenvalue weighted by atomic mass is 32.2. The fourth-order valence-electron chi connectivity index (χ4n) is 2.72. The van der Waals surface area contributed by atoms with Gasteiger partial charge in [-0.15, -0.1) is 0 Å². The van der Waals surface area contributed by atoms with Crippen LogP contribution in [0, 0.1) is 25.5 Å². The summed E-state index contributed by atoms with van der Waals surface area (Å²) in [6.45, 7) is 3.68. The average Bonchev–Trinajstić information content (AvgIpc) is 3.20. The summed E-state index contributed by atoms with van der Waals surface area (Å²) in [5.41, 5.74) is 2.56. The number of rotatable bonds is 6. The first-order chi connectivity index (χ1) is 12.3. The number of sulfonamides is 1. The van der Waals surface area contributed by atoms with Gasteiger partial charge in [-0.05, 0) is 60.5 Å². The Morgan fingerprint density at radius 3 is 2.62 bits per heavy atom. The molecule has 9 heteroatoms. The first-order valence-corrected chi connectivity index (χ1v) is 10.2. The van der Waals surface area contributed by atoms with Gasteiger partial charge in [-0.3, -0.25) is 4.68 Å². The zero-order valence-electron chi connectivity index (χ0n) is 14.1. The normalized spacial score (nSPS) is 13.1. The second kappa shape index (κ2) is 7.26. The summed E-state index contributed by atoms with van der Waals surface area (Å²) in [5.74, 6) is -1.82. The molecule has 1 atom stereocenters. The maximum atomic E-state index is 13.9. The van der Waals surface area contributed by atoms with Gasteiger partial charge < -0.3 is 0 Å². The number of nitrogens with one attached hydrogen (secondary N) is 1. The van der Waals surface area contributed by atoms with Crippen LogP contribution < -0.4 is 4.72 Å². The van der Waals surface area contributed by atoms with Gasteiger partial charge in [0.2, 0.25) is 10.0 Å². The van der Waals surface area contributed by atoms with Crippen LogP contribution in [0.3, 0.4) is 0 Å². The maximum absolute atomic E-state index is 13.9. The molecule has 1 aromatic carbocycles. The lowest BCUT2D eigenvalue weighted by molar-refractivity contribution is 0.491. The third kappa shape index (κ3) is 3.84. The van der Waals surface area contributed by atoms with Crippen LogP contribution in [-0.2, 0) is 10.0 Å². The zero-order chi connectivity index (χ0) is 18.9. The van der Waals surface area contributed by atoms with Crippen molar-refractivity contribution in [1.82, 2.24) is 14.5 Å². The summed E-state index contributed by atoms with van der Waals surface area (Å²) in [6.07, 6.45) is 0. The van der Waals surface area contributed by atoms with E-state index in [4.69, 9.17) is 0 Å². The van der Waals surface area contributed by atoms with Crippen molar-refractivity contribution >= 4 is 21.4 Å². The van der Waals surface area contributed by atoms with Crippen molar-refractivity contribution in [3.63, 3.8) is 0 Å². The number of thiophene rings is 1. The van der Waals surface area contributed by atoms with E-state index < -0.39 is 32.6 Å². The van der Waals surface area contributed by atoms with Gasteiger partial charge in [-0.2, -0.15) is 16.4 Å². The Hall–Kier alpha value is -2.10. The van der Waals surface area contributed by atoms with Crippen molar-refractivity contribution in [2.24, 2.45) is 0 Å². The Balaban J connectivity index is 1.91. The van der Waals surface area contributed by atoms with Gasteiger partial charge >= 0.3 is 0 Å². The van der Waals surface area contributed by atoms with Crippen molar-refractivity contribution in [1.29, 1.82) is 0 Å². The van der Waals surface area contributed by atoms with Crippen LogP contribution in [0.1, 0.15) is 23.0 Å². The van der Waals surface area contributed by atoms with E-state index in [1.807, 2.05) is 36.7 Å². The summed E-state index contributed by atoms with van der Waals surface area (Å²) in [7, 11) is -4.22. The van der Waals surface area contributed by atoms with Crippen molar-refractivity contribution in [2.45, 2.75) is 24.8 Å². The Bertz CT molecular complexity index is 1010. The molecule has 0 spiro atoms. The minimum Gasteiger partial charge on any atom is -0.261 e. The van der Waals surface area contributed by atoms with Crippen LogP contribution in [0.4, 0.5) is 8.78 Å². The first-order valence-electron chi connectivity index (χ1n) is 7.77.